The molecule has 1 fully saturated rings. The number of halogens is 2. The highest BCUT2D eigenvalue weighted by Gasteiger charge is 2.22. The number of nitrogens with one attached hydrogen (secondary N) is 1. The van der Waals surface area contributed by atoms with Crippen LogP contribution in [0.3, 0.4) is 0 Å². The molecule has 1 atom stereocenters. The first-order valence-electron chi connectivity index (χ1n) is 8.50. The van der Waals surface area contributed by atoms with Crippen LogP contribution in [0.2, 0.25) is 5.02 Å². The predicted molar refractivity (Wildman–Crippen MR) is 111 cm³/mol. The van der Waals surface area contributed by atoms with Gasteiger partial charge in [0.05, 0.1) is 11.6 Å². The summed E-state index contributed by atoms with van der Waals surface area (Å²) in [7, 11) is 0. The lowest BCUT2D eigenvalue weighted by Gasteiger charge is -2.21. The van der Waals surface area contributed by atoms with Gasteiger partial charge in [-0.15, -0.1) is 12.4 Å². The molecule has 26 heavy (non-hydrogen) atoms. The largest absolute Gasteiger partial charge is 0.391 e. The molecule has 1 unspecified atom stereocenters. The van der Waals surface area contributed by atoms with Crippen molar-refractivity contribution in [3.63, 3.8) is 0 Å². The van der Waals surface area contributed by atoms with Crippen molar-refractivity contribution in [3.05, 3.63) is 65.2 Å². The summed E-state index contributed by atoms with van der Waals surface area (Å²) < 4.78 is 0. The van der Waals surface area contributed by atoms with Crippen molar-refractivity contribution >= 4 is 46.4 Å². The number of aliphatic hydroxyl groups excluding tert-OH is 1. The third kappa shape index (κ3) is 4.04. The van der Waals surface area contributed by atoms with Crippen molar-refractivity contribution in [2.24, 2.45) is 0 Å². The molecule has 4 rings (SSSR count). The maximum absolute atomic E-state index is 9.89. The number of β-amino-alcohol motifs (C(OH)–C–C–N with tert-alkyl or cyclic N) is 1. The molecule has 1 saturated heterocycles. The summed E-state index contributed by atoms with van der Waals surface area (Å²) >= 11 is 5.94. The van der Waals surface area contributed by atoms with Crippen LogP contribution in [0, 0.1) is 0 Å². The molecule has 0 saturated carbocycles. The molecule has 0 amide bonds. The van der Waals surface area contributed by atoms with Crippen molar-refractivity contribution in [1.29, 1.82) is 0 Å². The van der Waals surface area contributed by atoms with Crippen molar-refractivity contribution in [2.75, 3.05) is 23.3 Å². The second-order valence-corrected chi connectivity index (χ2v) is 6.85. The van der Waals surface area contributed by atoms with E-state index in [0.29, 0.717) is 13.1 Å². The van der Waals surface area contributed by atoms with Crippen molar-refractivity contribution in [1.82, 2.24) is 4.98 Å². The molecule has 1 aliphatic rings. The zero-order valence-electron chi connectivity index (χ0n) is 14.2. The maximum Gasteiger partial charge on any atom is 0.129 e. The first-order valence-corrected chi connectivity index (χ1v) is 8.88. The van der Waals surface area contributed by atoms with Gasteiger partial charge in [-0.1, -0.05) is 41.9 Å². The number of anilines is 2. The SMILES string of the molecule is Cl.OC1CCN(c2cc(NCc3ccc(Cl)cc3)nc3ccccc23)C1. The fraction of sp³-hybridized carbons (Fsp3) is 0.250. The molecule has 6 heteroatoms. The minimum Gasteiger partial charge on any atom is -0.391 e. The van der Waals surface area contributed by atoms with E-state index in [0.717, 1.165) is 46.0 Å². The number of benzene rings is 2. The maximum atomic E-state index is 9.89. The standard InChI is InChI=1S/C20H20ClN3O.ClH/c21-15-7-5-14(6-8-15)12-22-20-11-19(24-10-9-16(25)13-24)17-3-1-2-4-18(17)23-20;/h1-8,11,16,25H,9-10,12-13H2,(H,22,23);1H. The van der Waals surface area contributed by atoms with E-state index < -0.39 is 0 Å². The van der Waals surface area contributed by atoms with Crippen LogP contribution in [-0.2, 0) is 6.54 Å². The molecule has 4 nitrogen and oxygen atoms in total. The quantitative estimate of drug-likeness (QED) is 0.689. The summed E-state index contributed by atoms with van der Waals surface area (Å²) in [6, 6.07) is 18.0. The molecular formula is C20H21Cl2N3O. The Morgan fingerprint density at radius 2 is 1.92 bits per heavy atom. The zero-order valence-corrected chi connectivity index (χ0v) is 15.8. The van der Waals surface area contributed by atoms with Gasteiger partial charge in [-0.2, -0.15) is 0 Å². The third-order valence-electron chi connectivity index (χ3n) is 4.59. The van der Waals surface area contributed by atoms with E-state index in [4.69, 9.17) is 16.6 Å². The highest BCUT2D eigenvalue weighted by Crippen LogP contribution is 2.31. The fourth-order valence-corrected chi connectivity index (χ4v) is 3.39. The summed E-state index contributed by atoms with van der Waals surface area (Å²) in [4.78, 5) is 6.97. The van der Waals surface area contributed by atoms with Gasteiger partial charge < -0.3 is 15.3 Å². The molecule has 2 N–H and O–H groups in total. The lowest BCUT2D eigenvalue weighted by atomic mass is 10.1. The molecule has 0 spiro atoms. The highest BCUT2D eigenvalue weighted by molar-refractivity contribution is 6.30. The molecule has 0 bridgehead atoms. The monoisotopic (exact) mass is 389 g/mol. The Morgan fingerprint density at radius 3 is 2.65 bits per heavy atom. The van der Waals surface area contributed by atoms with Crippen molar-refractivity contribution < 1.29 is 5.11 Å². The van der Waals surface area contributed by atoms with Gasteiger partial charge in [0.15, 0.2) is 0 Å². The van der Waals surface area contributed by atoms with Gasteiger partial charge in [0.1, 0.15) is 5.82 Å². The van der Waals surface area contributed by atoms with E-state index in [1.807, 2.05) is 42.5 Å². The molecule has 0 radical (unpaired) electrons. The fourth-order valence-electron chi connectivity index (χ4n) is 3.26. The smallest absolute Gasteiger partial charge is 0.129 e. The predicted octanol–water partition coefficient (Wildman–Crippen LogP) is 4.49. The van der Waals surface area contributed by atoms with E-state index >= 15 is 0 Å². The molecule has 2 aromatic carbocycles. The highest BCUT2D eigenvalue weighted by atomic mass is 35.5. The summed E-state index contributed by atoms with van der Waals surface area (Å²) in [5.41, 5.74) is 3.23. The average Bonchev–Trinajstić information content (AvgIpc) is 3.07. The van der Waals surface area contributed by atoms with E-state index in [9.17, 15) is 5.11 Å². The molecular weight excluding hydrogens is 369 g/mol. The number of rotatable bonds is 4. The van der Waals surface area contributed by atoms with Gasteiger partial charge in [0.2, 0.25) is 0 Å². The zero-order chi connectivity index (χ0) is 17.2. The minimum absolute atomic E-state index is 0. The van der Waals surface area contributed by atoms with Crippen LogP contribution in [-0.4, -0.2) is 29.3 Å². The molecule has 1 aromatic heterocycles. The van der Waals surface area contributed by atoms with Crippen molar-refractivity contribution in [2.45, 2.75) is 19.1 Å². The van der Waals surface area contributed by atoms with Gasteiger partial charge in [0, 0.05) is 41.8 Å². The third-order valence-corrected chi connectivity index (χ3v) is 4.84. The number of aromatic nitrogens is 1. The first kappa shape index (κ1) is 18.8. The first-order chi connectivity index (χ1) is 12.2. The molecule has 0 aliphatic carbocycles. The molecule has 2 heterocycles. The lowest BCUT2D eigenvalue weighted by Crippen LogP contribution is -2.21. The van der Waals surface area contributed by atoms with Crippen LogP contribution in [0.15, 0.2) is 54.6 Å². The number of aliphatic hydroxyl groups is 1. The summed E-state index contributed by atoms with van der Waals surface area (Å²) in [6.45, 7) is 2.22. The molecule has 3 aromatic rings. The van der Waals surface area contributed by atoms with Crippen LogP contribution >= 0.6 is 24.0 Å². The van der Waals surface area contributed by atoms with Gasteiger partial charge >= 0.3 is 0 Å². The number of hydrogen-bond acceptors (Lipinski definition) is 4. The second-order valence-electron chi connectivity index (χ2n) is 6.41. The summed E-state index contributed by atoms with van der Waals surface area (Å²) in [5, 5.41) is 15.2. The molecule has 136 valence electrons. The van der Waals surface area contributed by atoms with Crippen LogP contribution in [0.25, 0.3) is 10.9 Å². The number of nitrogens with zero attached hydrogens (tertiary/aromatic N) is 2. The van der Waals surface area contributed by atoms with Gasteiger partial charge in [-0.05, 0) is 30.2 Å². The Hall–Kier alpha value is -2.01. The van der Waals surface area contributed by atoms with Crippen LogP contribution in [0.4, 0.5) is 11.5 Å². The Balaban J connectivity index is 0.00000196. The lowest BCUT2D eigenvalue weighted by molar-refractivity contribution is 0.198. The minimum atomic E-state index is -0.252. The Labute approximate surface area is 164 Å². The van der Waals surface area contributed by atoms with E-state index in [1.165, 1.54) is 0 Å². The Bertz CT molecular complexity index is 886. The van der Waals surface area contributed by atoms with E-state index in [2.05, 4.69) is 22.3 Å². The average molecular weight is 390 g/mol. The van der Waals surface area contributed by atoms with Crippen LogP contribution < -0.4 is 10.2 Å². The van der Waals surface area contributed by atoms with Gasteiger partial charge in [-0.3, -0.25) is 0 Å². The number of para-hydroxylation sites is 1. The Kier molecular flexibility index (Phi) is 5.87. The number of pyridine rings is 1. The van der Waals surface area contributed by atoms with Crippen LogP contribution in [0.5, 0.6) is 0 Å². The Morgan fingerprint density at radius 1 is 1.15 bits per heavy atom. The van der Waals surface area contributed by atoms with Gasteiger partial charge in [0.25, 0.3) is 0 Å². The number of fused-ring (bicyclic) bond motifs is 1. The van der Waals surface area contributed by atoms with Crippen LogP contribution in [0.1, 0.15) is 12.0 Å². The van der Waals surface area contributed by atoms with Gasteiger partial charge in [-0.25, -0.2) is 4.98 Å². The second kappa shape index (κ2) is 8.12. The summed E-state index contributed by atoms with van der Waals surface area (Å²) in [5.74, 6) is 0.838. The van der Waals surface area contributed by atoms with E-state index in [-0.39, 0.29) is 18.5 Å². The topological polar surface area (TPSA) is 48.4 Å². The molecule has 1 aliphatic heterocycles. The van der Waals surface area contributed by atoms with Crippen molar-refractivity contribution in [3.8, 4) is 0 Å². The van der Waals surface area contributed by atoms with E-state index in [1.54, 1.807) is 0 Å². The normalized spacial score (nSPS) is 16.5. The number of hydrogen-bond donors (Lipinski definition) is 2. The summed E-state index contributed by atoms with van der Waals surface area (Å²) in [6.07, 6.45) is 0.557.